The zero-order chi connectivity index (χ0) is 12.7. The van der Waals surface area contributed by atoms with Gasteiger partial charge in [-0.3, -0.25) is 14.3 Å². The quantitative estimate of drug-likeness (QED) is 0.490. The van der Waals surface area contributed by atoms with Crippen LogP contribution < -0.4 is 16.8 Å². The van der Waals surface area contributed by atoms with Gasteiger partial charge in [0.25, 0.3) is 0 Å². The van der Waals surface area contributed by atoms with Crippen LogP contribution in [0.15, 0.2) is 12.4 Å². The lowest BCUT2D eigenvalue weighted by molar-refractivity contribution is -0.120. The number of carbonyl (C=O) groups is 2. The number of nitrogens with zero attached hydrogens (tertiary/aromatic N) is 2. The summed E-state index contributed by atoms with van der Waals surface area (Å²) in [5.41, 5.74) is 10.7. The molecule has 0 unspecified atom stereocenters. The van der Waals surface area contributed by atoms with Crippen LogP contribution in [0.2, 0.25) is 0 Å². The Bertz CT molecular complexity index is 390. The van der Waals surface area contributed by atoms with Gasteiger partial charge in [-0.1, -0.05) is 0 Å². The van der Waals surface area contributed by atoms with Crippen molar-refractivity contribution < 1.29 is 14.3 Å². The Kier molecular flexibility index (Phi) is 5.11. The molecule has 0 aliphatic rings. The van der Waals surface area contributed by atoms with Gasteiger partial charge in [-0.25, -0.2) is 0 Å². The van der Waals surface area contributed by atoms with Crippen molar-refractivity contribution in [1.29, 1.82) is 0 Å². The predicted octanol–water partition coefficient (Wildman–Crippen LogP) is -1.72. The minimum absolute atomic E-state index is 0.0282. The normalized spacial score (nSPS) is 10.2. The fraction of sp³-hybridized carbons (Fsp3) is 0.444. The number of aromatic nitrogens is 2. The van der Waals surface area contributed by atoms with Gasteiger partial charge in [0.1, 0.15) is 13.2 Å². The molecular weight excluding hydrogens is 226 g/mol. The molecule has 1 rings (SSSR count). The van der Waals surface area contributed by atoms with Gasteiger partial charge in [-0.2, -0.15) is 5.10 Å². The van der Waals surface area contributed by atoms with Crippen LogP contribution in [-0.4, -0.2) is 41.4 Å². The van der Waals surface area contributed by atoms with Crippen molar-refractivity contribution in [2.24, 2.45) is 11.5 Å². The van der Waals surface area contributed by atoms with E-state index in [-0.39, 0.29) is 19.1 Å². The summed E-state index contributed by atoms with van der Waals surface area (Å²) >= 11 is 0. The summed E-state index contributed by atoms with van der Waals surface area (Å²) in [6, 6.07) is 0. The molecule has 2 amide bonds. The van der Waals surface area contributed by atoms with E-state index in [1.807, 2.05) is 0 Å². The third-order valence-electron chi connectivity index (χ3n) is 1.73. The van der Waals surface area contributed by atoms with Crippen LogP contribution in [0.4, 0.5) is 5.69 Å². The lowest BCUT2D eigenvalue weighted by atomic mass is 10.5. The van der Waals surface area contributed by atoms with E-state index in [4.69, 9.17) is 16.2 Å². The number of nitrogens with two attached hydrogens (primary N) is 2. The lowest BCUT2D eigenvalue weighted by Crippen LogP contribution is -2.20. The number of anilines is 1. The molecule has 94 valence electrons. The van der Waals surface area contributed by atoms with E-state index >= 15 is 0 Å². The van der Waals surface area contributed by atoms with E-state index in [2.05, 4.69) is 10.4 Å². The van der Waals surface area contributed by atoms with Crippen LogP contribution in [0.25, 0.3) is 0 Å². The first-order valence-corrected chi connectivity index (χ1v) is 5.00. The molecular formula is C9H15N5O3. The second-order valence-corrected chi connectivity index (χ2v) is 3.28. The molecule has 1 aromatic rings. The van der Waals surface area contributed by atoms with Gasteiger partial charge in [0, 0.05) is 12.7 Å². The smallest absolute Gasteiger partial charge is 0.250 e. The molecule has 0 radical (unpaired) electrons. The molecule has 0 fully saturated rings. The van der Waals surface area contributed by atoms with Crippen molar-refractivity contribution in [3.8, 4) is 0 Å². The van der Waals surface area contributed by atoms with Gasteiger partial charge in [-0.05, 0) is 0 Å². The standard InChI is InChI=1S/C9H15N5O3/c10-1-2-17-6-9(16)13-7-3-12-14(4-7)5-8(11)15/h3-4H,1-2,5-6,10H2,(H2,11,15)(H,13,16). The number of rotatable bonds is 7. The molecule has 5 N–H and O–H groups in total. The monoisotopic (exact) mass is 241 g/mol. The Morgan fingerprint density at radius 3 is 2.94 bits per heavy atom. The predicted molar refractivity (Wildman–Crippen MR) is 59.9 cm³/mol. The number of hydrogen-bond acceptors (Lipinski definition) is 5. The summed E-state index contributed by atoms with van der Waals surface area (Å²) in [5.74, 6) is -0.811. The maximum Gasteiger partial charge on any atom is 0.250 e. The third kappa shape index (κ3) is 5.09. The summed E-state index contributed by atoms with van der Waals surface area (Å²) < 4.78 is 6.28. The molecule has 1 aromatic heterocycles. The first kappa shape index (κ1) is 13.1. The highest BCUT2D eigenvalue weighted by Crippen LogP contribution is 2.04. The second kappa shape index (κ2) is 6.61. The van der Waals surface area contributed by atoms with Crippen LogP contribution in [-0.2, 0) is 20.9 Å². The van der Waals surface area contributed by atoms with Gasteiger partial charge in [0.2, 0.25) is 11.8 Å². The van der Waals surface area contributed by atoms with Gasteiger partial charge < -0.3 is 21.5 Å². The average molecular weight is 241 g/mol. The highest BCUT2D eigenvalue weighted by Gasteiger charge is 2.05. The van der Waals surface area contributed by atoms with Crippen LogP contribution in [0.3, 0.4) is 0 Å². The van der Waals surface area contributed by atoms with Crippen molar-refractivity contribution in [1.82, 2.24) is 9.78 Å². The summed E-state index contributed by atoms with van der Waals surface area (Å²) in [6.45, 7) is 0.593. The summed E-state index contributed by atoms with van der Waals surface area (Å²) in [4.78, 5) is 21.9. The fourth-order valence-electron chi connectivity index (χ4n) is 1.12. The van der Waals surface area contributed by atoms with Gasteiger partial charge in [0.05, 0.1) is 18.5 Å². The van der Waals surface area contributed by atoms with E-state index < -0.39 is 5.91 Å². The number of ether oxygens (including phenoxy) is 1. The number of amides is 2. The van der Waals surface area contributed by atoms with Crippen LogP contribution in [0, 0.1) is 0 Å². The minimum atomic E-state index is -0.503. The van der Waals surface area contributed by atoms with Gasteiger partial charge >= 0.3 is 0 Å². The maximum atomic E-state index is 11.3. The molecule has 0 aromatic carbocycles. The minimum Gasteiger partial charge on any atom is -0.370 e. The molecule has 0 spiro atoms. The molecule has 8 nitrogen and oxygen atoms in total. The van der Waals surface area contributed by atoms with E-state index in [9.17, 15) is 9.59 Å². The van der Waals surface area contributed by atoms with Crippen LogP contribution >= 0.6 is 0 Å². The SMILES string of the molecule is NCCOCC(=O)Nc1cnn(CC(N)=O)c1. The largest absolute Gasteiger partial charge is 0.370 e. The Morgan fingerprint density at radius 2 is 2.29 bits per heavy atom. The van der Waals surface area contributed by atoms with Crippen molar-refractivity contribution in [3.63, 3.8) is 0 Å². The summed E-state index contributed by atoms with van der Waals surface area (Å²) in [5, 5.41) is 6.40. The Hall–Kier alpha value is -1.93. The van der Waals surface area contributed by atoms with E-state index in [1.54, 1.807) is 0 Å². The highest BCUT2D eigenvalue weighted by molar-refractivity contribution is 5.91. The molecule has 0 saturated heterocycles. The fourth-order valence-corrected chi connectivity index (χ4v) is 1.12. The molecule has 0 aliphatic heterocycles. The average Bonchev–Trinajstić information content (AvgIpc) is 2.64. The zero-order valence-electron chi connectivity index (χ0n) is 9.26. The maximum absolute atomic E-state index is 11.3. The Balaban J connectivity index is 2.38. The van der Waals surface area contributed by atoms with Gasteiger partial charge in [0.15, 0.2) is 0 Å². The molecule has 17 heavy (non-hydrogen) atoms. The van der Waals surface area contributed by atoms with Crippen LogP contribution in [0.1, 0.15) is 0 Å². The Labute approximate surface area is 97.9 Å². The Morgan fingerprint density at radius 1 is 1.53 bits per heavy atom. The third-order valence-corrected chi connectivity index (χ3v) is 1.73. The number of primary amides is 1. The molecule has 8 heteroatoms. The van der Waals surface area contributed by atoms with Crippen molar-refractivity contribution in [2.75, 3.05) is 25.1 Å². The number of carbonyl (C=O) groups excluding carboxylic acids is 2. The van der Waals surface area contributed by atoms with E-state index in [1.165, 1.54) is 17.1 Å². The van der Waals surface area contributed by atoms with Crippen molar-refractivity contribution in [2.45, 2.75) is 6.54 Å². The number of nitrogens with one attached hydrogen (secondary N) is 1. The van der Waals surface area contributed by atoms with Crippen LogP contribution in [0.5, 0.6) is 0 Å². The molecule has 0 bridgehead atoms. The lowest BCUT2D eigenvalue weighted by Gasteiger charge is -2.02. The van der Waals surface area contributed by atoms with E-state index in [0.29, 0.717) is 18.8 Å². The zero-order valence-corrected chi connectivity index (χ0v) is 9.26. The highest BCUT2D eigenvalue weighted by atomic mass is 16.5. The topological polar surface area (TPSA) is 125 Å². The molecule has 1 heterocycles. The summed E-state index contributed by atoms with van der Waals surface area (Å²) in [6.07, 6.45) is 2.93. The first-order valence-electron chi connectivity index (χ1n) is 5.00. The second-order valence-electron chi connectivity index (χ2n) is 3.28. The molecule has 0 aliphatic carbocycles. The summed E-state index contributed by atoms with van der Waals surface area (Å²) in [7, 11) is 0. The molecule has 0 saturated carbocycles. The first-order chi connectivity index (χ1) is 8.11. The van der Waals surface area contributed by atoms with Gasteiger partial charge in [-0.15, -0.1) is 0 Å². The van der Waals surface area contributed by atoms with Crippen molar-refractivity contribution >= 4 is 17.5 Å². The number of hydrogen-bond donors (Lipinski definition) is 3. The molecule has 0 atom stereocenters. The van der Waals surface area contributed by atoms with E-state index in [0.717, 1.165) is 0 Å². The van der Waals surface area contributed by atoms with Crippen molar-refractivity contribution in [3.05, 3.63) is 12.4 Å².